The molecule has 1 heterocycles. The highest BCUT2D eigenvalue weighted by molar-refractivity contribution is 6.74. The van der Waals surface area contributed by atoms with E-state index in [0.717, 1.165) is 0 Å². The van der Waals surface area contributed by atoms with Crippen molar-refractivity contribution in [1.82, 2.24) is 5.32 Å². The molecule has 2 N–H and O–H groups in total. The van der Waals surface area contributed by atoms with Gasteiger partial charge < -0.3 is 9.53 Å². The number of nitrogens with one attached hydrogen (secondary N) is 1. The average Bonchev–Trinajstić information content (AvgIpc) is 2.46. The van der Waals surface area contributed by atoms with Gasteiger partial charge in [-0.25, -0.2) is 0 Å². The van der Waals surface area contributed by atoms with Gasteiger partial charge in [0.25, 0.3) is 0 Å². The highest BCUT2D eigenvalue weighted by Crippen LogP contribution is 2.38. The standard InChI is InChI=1S/C12H25NO3Si/c1-11(2,3)17(5,6)16-9-7-12(4,10(14)15)13-8-9/h9,13H,7-8H2,1-6H3,(H,14,15)/t9-,12+/m1/s1. The molecule has 0 aliphatic carbocycles. The van der Waals surface area contributed by atoms with Crippen LogP contribution in [0.1, 0.15) is 34.1 Å². The maximum atomic E-state index is 11.1. The van der Waals surface area contributed by atoms with Gasteiger partial charge in [0.1, 0.15) is 5.54 Å². The number of aliphatic carboxylic acids is 1. The lowest BCUT2D eigenvalue weighted by Gasteiger charge is -2.38. The number of hydrogen-bond acceptors (Lipinski definition) is 3. The molecule has 2 atom stereocenters. The molecule has 0 amide bonds. The van der Waals surface area contributed by atoms with Crippen molar-refractivity contribution in [2.45, 2.75) is 63.9 Å². The van der Waals surface area contributed by atoms with Gasteiger partial charge in [0, 0.05) is 13.0 Å². The van der Waals surface area contributed by atoms with Crippen LogP contribution >= 0.6 is 0 Å². The van der Waals surface area contributed by atoms with Crippen LogP contribution in [0, 0.1) is 0 Å². The first-order valence-corrected chi connectivity index (χ1v) is 9.05. The second kappa shape index (κ2) is 4.37. The van der Waals surface area contributed by atoms with Gasteiger partial charge in [-0.3, -0.25) is 10.1 Å². The van der Waals surface area contributed by atoms with E-state index < -0.39 is 19.8 Å². The van der Waals surface area contributed by atoms with Gasteiger partial charge in [0.05, 0.1) is 6.10 Å². The number of hydrogen-bond donors (Lipinski definition) is 2. The van der Waals surface area contributed by atoms with E-state index in [2.05, 4.69) is 39.2 Å². The van der Waals surface area contributed by atoms with Gasteiger partial charge in [-0.05, 0) is 25.1 Å². The summed E-state index contributed by atoms with van der Waals surface area (Å²) in [5.41, 5.74) is -0.826. The Hall–Kier alpha value is -0.393. The fraction of sp³-hybridized carbons (Fsp3) is 0.917. The Morgan fingerprint density at radius 2 is 2.00 bits per heavy atom. The van der Waals surface area contributed by atoms with E-state index in [-0.39, 0.29) is 11.1 Å². The van der Waals surface area contributed by atoms with Crippen molar-refractivity contribution in [2.24, 2.45) is 0 Å². The Kier molecular flexibility index (Phi) is 3.77. The molecular formula is C12H25NO3Si. The first-order chi connectivity index (χ1) is 7.48. The van der Waals surface area contributed by atoms with Gasteiger partial charge in [0.2, 0.25) is 0 Å². The molecule has 17 heavy (non-hydrogen) atoms. The van der Waals surface area contributed by atoms with Crippen LogP contribution in [0.25, 0.3) is 0 Å². The fourth-order valence-corrected chi connectivity index (χ4v) is 3.13. The Morgan fingerprint density at radius 1 is 1.47 bits per heavy atom. The SMILES string of the molecule is CC(C)(C)[Si](C)(C)O[C@H]1CN[C@](C)(C(=O)O)C1. The van der Waals surface area contributed by atoms with Crippen LogP contribution in [0.3, 0.4) is 0 Å². The van der Waals surface area contributed by atoms with Crippen LogP contribution in [-0.4, -0.2) is 37.6 Å². The summed E-state index contributed by atoms with van der Waals surface area (Å²) in [7, 11) is -1.80. The van der Waals surface area contributed by atoms with Gasteiger partial charge in [-0.15, -0.1) is 0 Å². The molecule has 0 aromatic heterocycles. The normalized spacial score (nSPS) is 30.6. The van der Waals surface area contributed by atoms with E-state index in [1.54, 1.807) is 6.92 Å². The lowest BCUT2D eigenvalue weighted by molar-refractivity contribution is -0.143. The lowest BCUT2D eigenvalue weighted by atomic mass is 10.0. The zero-order valence-corrected chi connectivity index (χ0v) is 12.8. The maximum Gasteiger partial charge on any atom is 0.323 e. The van der Waals surface area contributed by atoms with Crippen LogP contribution in [0.2, 0.25) is 18.1 Å². The summed E-state index contributed by atoms with van der Waals surface area (Å²) in [6.07, 6.45) is 0.575. The molecule has 0 saturated carbocycles. The topological polar surface area (TPSA) is 58.6 Å². The maximum absolute atomic E-state index is 11.1. The van der Waals surface area contributed by atoms with Crippen molar-refractivity contribution in [3.63, 3.8) is 0 Å². The predicted molar refractivity (Wildman–Crippen MR) is 70.7 cm³/mol. The van der Waals surface area contributed by atoms with E-state index >= 15 is 0 Å². The van der Waals surface area contributed by atoms with Crippen molar-refractivity contribution >= 4 is 14.3 Å². The highest BCUT2D eigenvalue weighted by Gasteiger charge is 2.46. The molecule has 0 radical (unpaired) electrons. The van der Waals surface area contributed by atoms with Crippen molar-refractivity contribution in [1.29, 1.82) is 0 Å². The van der Waals surface area contributed by atoms with E-state index in [0.29, 0.717) is 13.0 Å². The summed E-state index contributed by atoms with van der Waals surface area (Å²) in [5, 5.41) is 12.4. The molecule has 100 valence electrons. The van der Waals surface area contributed by atoms with Gasteiger partial charge in [-0.2, -0.15) is 0 Å². The summed E-state index contributed by atoms with van der Waals surface area (Å²) in [5.74, 6) is -0.793. The zero-order valence-electron chi connectivity index (χ0n) is 11.8. The lowest BCUT2D eigenvalue weighted by Crippen LogP contribution is -2.45. The summed E-state index contributed by atoms with van der Waals surface area (Å²) in [4.78, 5) is 11.1. The van der Waals surface area contributed by atoms with Crippen LogP contribution in [0.5, 0.6) is 0 Å². The fourth-order valence-electron chi connectivity index (χ4n) is 1.78. The number of carbonyl (C=O) groups is 1. The molecule has 1 fully saturated rings. The van der Waals surface area contributed by atoms with Gasteiger partial charge in [-0.1, -0.05) is 20.8 Å². The average molecular weight is 259 g/mol. The number of rotatable bonds is 3. The first kappa shape index (κ1) is 14.7. The minimum atomic E-state index is -1.80. The molecule has 0 unspecified atom stereocenters. The Balaban J connectivity index is 2.66. The van der Waals surface area contributed by atoms with Crippen LogP contribution in [-0.2, 0) is 9.22 Å². The predicted octanol–water partition coefficient (Wildman–Crippen LogP) is 2.21. The molecule has 0 aromatic carbocycles. The summed E-state index contributed by atoms with van der Waals surface area (Å²) in [6.45, 7) is 13.3. The van der Waals surface area contributed by atoms with Crippen molar-refractivity contribution in [3.05, 3.63) is 0 Å². The second-order valence-corrected chi connectivity index (χ2v) is 11.5. The highest BCUT2D eigenvalue weighted by atomic mass is 28.4. The molecule has 0 spiro atoms. The van der Waals surface area contributed by atoms with Gasteiger partial charge in [0.15, 0.2) is 8.32 Å². The third-order valence-corrected chi connectivity index (χ3v) is 8.63. The largest absolute Gasteiger partial charge is 0.480 e. The third kappa shape index (κ3) is 3.08. The monoisotopic (exact) mass is 259 g/mol. The van der Waals surface area contributed by atoms with Crippen molar-refractivity contribution in [3.8, 4) is 0 Å². The van der Waals surface area contributed by atoms with Crippen LogP contribution < -0.4 is 5.32 Å². The molecule has 0 bridgehead atoms. The summed E-state index contributed by atoms with van der Waals surface area (Å²) < 4.78 is 6.22. The third-order valence-electron chi connectivity index (χ3n) is 4.10. The molecule has 5 heteroatoms. The molecule has 4 nitrogen and oxygen atoms in total. The minimum Gasteiger partial charge on any atom is -0.480 e. The van der Waals surface area contributed by atoms with Crippen molar-refractivity contribution in [2.75, 3.05) is 6.54 Å². The van der Waals surface area contributed by atoms with E-state index in [9.17, 15) is 4.79 Å². The van der Waals surface area contributed by atoms with Gasteiger partial charge >= 0.3 is 5.97 Å². The molecule has 1 aliphatic heterocycles. The van der Waals surface area contributed by atoms with Crippen LogP contribution in [0.15, 0.2) is 0 Å². The second-order valence-electron chi connectivity index (χ2n) is 6.72. The molecule has 1 aliphatic rings. The van der Waals surface area contributed by atoms with E-state index in [1.807, 2.05) is 0 Å². The summed E-state index contributed by atoms with van der Waals surface area (Å²) in [6, 6.07) is 0. The first-order valence-electron chi connectivity index (χ1n) is 6.14. The molecule has 1 saturated heterocycles. The van der Waals surface area contributed by atoms with E-state index in [1.165, 1.54) is 0 Å². The summed E-state index contributed by atoms with van der Waals surface area (Å²) >= 11 is 0. The Bertz CT molecular complexity index is 311. The molecule has 1 rings (SSSR count). The zero-order chi connectivity index (χ0) is 13.5. The smallest absolute Gasteiger partial charge is 0.323 e. The number of carboxylic acid groups (broad SMARTS) is 1. The van der Waals surface area contributed by atoms with Crippen LogP contribution in [0.4, 0.5) is 0 Å². The molecular weight excluding hydrogens is 234 g/mol. The quantitative estimate of drug-likeness (QED) is 0.763. The number of carboxylic acids is 1. The Labute approximate surface area is 105 Å². The Morgan fingerprint density at radius 3 is 2.35 bits per heavy atom. The molecule has 0 aromatic rings. The minimum absolute atomic E-state index is 0.0250. The van der Waals surface area contributed by atoms with E-state index in [4.69, 9.17) is 9.53 Å². The van der Waals surface area contributed by atoms with Crippen molar-refractivity contribution < 1.29 is 14.3 Å².